The quantitative estimate of drug-likeness (QED) is 0.738. The van der Waals surface area contributed by atoms with E-state index in [4.69, 9.17) is 9.47 Å². The number of piperidine rings is 1. The van der Waals surface area contributed by atoms with Crippen LogP contribution in [0.25, 0.3) is 0 Å². The monoisotopic (exact) mass is 239 g/mol. The zero-order valence-electron chi connectivity index (χ0n) is 11.0. The molecule has 2 saturated heterocycles. The van der Waals surface area contributed by atoms with Gasteiger partial charge in [-0.3, -0.25) is 4.90 Å². The third-order valence-electron chi connectivity index (χ3n) is 4.90. The molecule has 17 heavy (non-hydrogen) atoms. The molecule has 1 unspecified atom stereocenters. The van der Waals surface area contributed by atoms with Gasteiger partial charge in [0.15, 0.2) is 5.79 Å². The van der Waals surface area contributed by atoms with Gasteiger partial charge in [0.1, 0.15) is 0 Å². The number of ether oxygens (including phenoxy) is 2. The van der Waals surface area contributed by atoms with Crippen LogP contribution in [0.1, 0.15) is 45.4 Å². The first-order valence-corrected chi connectivity index (χ1v) is 7.30. The fraction of sp³-hybridized carbons (Fsp3) is 1.00. The van der Waals surface area contributed by atoms with Gasteiger partial charge in [0.25, 0.3) is 0 Å². The van der Waals surface area contributed by atoms with Crippen molar-refractivity contribution in [3.05, 3.63) is 0 Å². The SMILES string of the molecule is CC1(C2CCCN(C3CCCC3)C2)OCCO1. The lowest BCUT2D eigenvalue weighted by Crippen LogP contribution is -2.49. The van der Waals surface area contributed by atoms with Crippen molar-refractivity contribution in [2.75, 3.05) is 26.3 Å². The second-order valence-electron chi connectivity index (χ2n) is 5.99. The highest BCUT2D eigenvalue weighted by Crippen LogP contribution is 2.36. The van der Waals surface area contributed by atoms with Crippen LogP contribution in [-0.2, 0) is 9.47 Å². The Labute approximate surface area is 104 Å². The maximum Gasteiger partial charge on any atom is 0.169 e. The molecule has 98 valence electrons. The van der Waals surface area contributed by atoms with E-state index in [2.05, 4.69) is 11.8 Å². The van der Waals surface area contributed by atoms with E-state index >= 15 is 0 Å². The molecule has 1 aliphatic carbocycles. The van der Waals surface area contributed by atoms with Crippen LogP contribution in [0.4, 0.5) is 0 Å². The molecule has 0 amide bonds. The van der Waals surface area contributed by atoms with Crippen LogP contribution < -0.4 is 0 Å². The zero-order valence-corrected chi connectivity index (χ0v) is 11.0. The van der Waals surface area contributed by atoms with E-state index in [0.29, 0.717) is 5.92 Å². The van der Waals surface area contributed by atoms with Crippen LogP contribution in [0, 0.1) is 5.92 Å². The van der Waals surface area contributed by atoms with Gasteiger partial charge in [-0.15, -0.1) is 0 Å². The second-order valence-corrected chi connectivity index (χ2v) is 5.99. The molecule has 0 bridgehead atoms. The smallest absolute Gasteiger partial charge is 0.169 e. The van der Waals surface area contributed by atoms with E-state index < -0.39 is 0 Å². The van der Waals surface area contributed by atoms with E-state index in [-0.39, 0.29) is 5.79 Å². The maximum atomic E-state index is 5.84. The van der Waals surface area contributed by atoms with Gasteiger partial charge in [-0.2, -0.15) is 0 Å². The number of hydrogen-bond donors (Lipinski definition) is 0. The second kappa shape index (κ2) is 4.87. The van der Waals surface area contributed by atoms with Crippen LogP contribution in [0.3, 0.4) is 0 Å². The van der Waals surface area contributed by atoms with Gasteiger partial charge in [0.05, 0.1) is 13.2 Å². The summed E-state index contributed by atoms with van der Waals surface area (Å²) >= 11 is 0. The molecule has 2 aliphatic heterocycles. The summed E-state index contributed by atoms with van der Waals surface area (Å²) in [4.78, 5) is 2.71. The van der Waals surface area contributed by atoms with Crippen molar-refractivity contribution >= 4 is 0 Å². The minimum absolute atomic E-state index is 0.294. The Balaban J connectivity index is 1.62. The lowest BCUT2D eigenvalue weighted by molar-refractivity contribution is -0.193. The molecule has 0 spiro atoms. The van der Waals surface area contributed by atoms with Crippen molar-refractivity contribution in [1.82, 2.24) is 4.90 Å². The Morgan fingerprint density at radius 2 is 1.71 bits per heavy atom. The van der Waals surface area contributed by atoms with Crippen molar-refractivity contribution < 1.29 is 9.47 Å². The highest BCUT2D eigenvalue weighted by molar-refractivity contribution is 4.88. The number of rotatable bonds is 2. The van der Waals surface area contributed by atoms with E-state index in [1.54, 1.807) is 0 Å². The number of likely N-dealkylation sites (tertiary alicyclic amines) is 1. The summed E-state index contributed by atoms with van der Waals surface area (Å²) in [5.41, 5.74) is 0. The number of nitrogens with zero attached hydrogens (tertiary/aromatic N) is 1. The minimum Gasteiger partial charge on any atom is -0.347 e. The summed E-state index contributed by atoms with van der Waals surface area (Å²) in [6.07, 6.45) is 8.24. The van der Waals surface area contributed by atoms with Crippen LogP contribution in [0.5, 0.6) is 0 Å². The third-order valence-corrected chi connectivity index (χ3v) is 4.90. The van der Waals surface area contributed by atoms with Crippen LogP contribution in [0.2, 0.25) is 0 Å². The Bertz CT molecular complexity index is 257. The Kier molecular flexibility index (Phi) is 3.42. The minimum atomic E-state index is -0.294. The summed E-state index contributed by atoms with van der Waals surface area (Å²) in [7, 11) is 0. The zero-order chi connectivity index (χ0) is 11.7. The molecule has 2 heterocycles. The van der Waals surface area contributed by atoms with Gasteiger partial charge in [0.2, 0.25) is 0 Å². The van der Waals surface area contributed by atoms with E-state index in [9.17, 15) is 0 Å². The Hall–Kier alpha value is -0.120. The summed E-state index contributed by atoms with van der Waals surface area (Å²) in [5.74, 6) is 0.274. The maximum absolute atomic E-state index is 5.84. The summed E-state index contributed by atoms with van der Waals surface area (Å²) in [6.45, 7) is 6.16. The molecule has 3 rings (SSSR count). The van der Waals surface area contributed by atoms with Crippen molar-refractivity contribution in [3.8, 4) is 0 Å². The van der Waals surface area contributed by atoms with Crippen molar-refractivity contribution in [3.63, 3.8) is 0 Å². The first-order valence-electron chi connectivity index (χ1n) is 7.30. The Morgan fingerprint density at radius 3 is 2.41 bits per heavy atom. The fourth-order valence-corrected chi connectivity index (χ4v) is 3.80. The van der Waals surface area contributed by atoms with Gasteiger partial charge in [0, 0.05) is 18.5 Å². The largest absolute Gasteiger partial charge is 0.347 e. The van der Waals surface area contributed by atoms with Gasteiger partial charge < -0.3 is 9.47 Å². The standard InChI is InChI=1S/C14H25NO2/c1-14(16-9-10-17-14)12-5-4-8-15(11-12)13-6-2-3-7-13/h12-13H,2-11H2,1H3. The topological polar surface area (TPSA) is 21.7 Å². The molecule has 0 aromatic heterocycles. The van der Waals surface area contributed by atoms with Crippen molar-refractivity contribution in [2.45, 2.75) is 57.3 Å². The molecule has 3 aliphatic rings. The summed E-state index contributed by atoms with van der Waals surface area (Å²) < 4.78 is 11.7. The molecule has 0 N–H and O–H groups in total. The lowest BCUT2D eigenvalue weighted by atomic mass is 9.89. The Morgan fingerprint density at radius 1 is 1.00 bits per heavy atom. The van der Waals surface area contributed by atoms with Crippen molar-refractivity contribution in [1.29, 1.82) is 0 Å². The predicted octanol–water partition coefficient (Wildman–Crippen LogP) is 2.40. The third kappa shape index (κ3) is 2.38. The van der Waals surface area contributed by atoms with Gasteiger partial charge >= 0.3 is 0 Å². The van der Waals surface area contributed by atoms with E-state index in [0.717, 1.165) is 19.3 Å². The molecular formula is C14H25NO2. The van der Waals surface area contributed by atoms with Gasteiger partial charge in [-0.05, 0) is 39.2 Å². The molecule has 3 heteroatoms. The highest BCUT2D eigenvalue weighted by atomic mass is 16.7. The van der Waals surface area contributed by atoms with Crippen LogP contribution in [-0.4, -0.2) is 43.0 Å². The van der Waals surface area contributed by atoms with Gasteiger partial charge in [-0.25, -0.2) is 0 Å². The molecule has 0 aromatic carbocycles. The normalized spacial score (nSPS) is 35.5. The highest BCUT2D eigenvalue weighted by Gasteiger charge is 2.42. The molecule has 1 atom stereocenters. The average molecular weight is 239 g/mol. The summed E-state index contributed by atoms with van der Waals surface area (Å²) in [6, 6.07) is 0.850. The van der Waals surface area contributed by atoms with Gasteiger partial charge in [-0.1, -0.05) is 12.8 Å². The van der Waals surface area contributed by atoms with E-state index in [1.807, 2.05) is 0 Å². The summed E-state index contributed by atoms with van der Waals surface area (Å²) in [5, 5.41) is 0. The molecule has 0 aromatic rings. The predicted molar refractivity (Wildman–Crippen MR) is 66.9 cm³/mol. The molecule has 1 saturated carbocycles. The van der Waals surface area contributed by atoms with Crippen molar-refractivity contribution in [2.24, 2.45) is 5.92 Å². The average Bonchev–Trinajstić information content (AvgIpc) is 3.01. The molecule has 3 fully saturated rings. The molecular weight excluding hydrogens is 214 g/mol. The van der Waals surface area contributed by atoms with E-state index in [1.165, 1.54) is 51.6 Å². The molecule has 0 radical (unpaired) electrons. The number of hydrogen-bond acceptors (Lipinski definition) is 3. The van der Waals surface area contributed by atoms with Crippen LogP contribution in [0.15, 0.2) is 0 Å². The lowest BCUT2D eigenvalue weighted by Gasteiger charge is -2.42. The first kappa shape index (κ1) is 11.9. The fourth-order valence-electron chi connectivity index (χ4n) is 3.80. The van der Waals surface area contributed by atoms with Crippen LogP contribution >= 0.6 is 0 Å². The first-order chi connectivity index (χ1) is 8.28. The molecule has 3 nitrogen and oxygen atoms in total.